The quantitative estimate of drug-likeness (QED) is 0.523. The largest absolute Gasteiger partial charge is 0.457 e. The van der Waals surface area contributed by atoms with Crippen molar-refractivity contribution in [2.24, 2.45) is 5.92 Å². The van der Waals surface area contributed by atoms with E-state index < -0.39 is 11.7 Å². The number of ether oxygens (including phenoxy) is 2. The van der Waals surface area contributed by atoms with Crippen LogP contribution in [-0.4, -0.2) is 22.8 Å². The highest BCUT2D eigenvalue weighted by Crippen LogP contribution is 2.31. The van der Waals surface area contributed by atoms with Gasteiger partial charge in [0, 0.05) is 17.7 Å². The second-order valence-corrected chi connectivity index (χ2v) is 8.10. The number of fused-ring (bicyclic) bond motifs is 1. The van der Waals surface area contributed by atoms with Crippen LogP contribution in [0.5, 0.6) is 11.5 Å². The van der Waals surface area contributed by atoms with Gasteiger partial charge in [-0.2, -0.15) is 0 Å². The normalized spacial score (nSPS) is 15.8. The maximum atomic E-state index is 11.9. The molecule has 3 N–H and O–H groups in total. The average molecular weight is 398 g/mol. The van der Waals surface area contributed by atoms with Crippen molar-refractivity contribution < 1.29 is 24.3 Å². The number of amides is 2. The SMILES string of the molecule is CC(C)(C)OC(=O)Nc1cccc(Oc2ccc3c(c2)CC(C(=O)NO)CC3)c1. The molecule has 1 unspecified atom stereocenters. The molecule has 3 rings (SSSR count). The summed E-state index contributed by atoms with van der Waals surface area (Å²) in [5.41, 5.74) is 3.94. The maximum absolute atomic E-state index is 11.9. The Morgan fingerprint density at radius 2 is 1.83 bits per heavy atom. The van der Waals surface area contributed by atoms with Crippen molar-refractivity contribution in [3.63, 3.8) is 0 Å². The lowest BCUT2D eigenvalue weighted by Gasteiger charge is -2.23. The van der Waals surface area contributed by atoms with Crippen LogP contribution in [0.1, 0.15) is 38.3 Å². The van der Waals surface area contributed by atoms with Crippen LogP contribution < -0.4 is 15.5 Å². The average Bonchev–Trinajstić information content (AvgIpc) is 2.65. The number of carbonyl (C=O) groups is 2. The summed E-state index contributed by atoms with van der Waals surface area (Å²) in [4.78, 5) is 23.7. The molecule has 0 aromatic heterocycles. The maximum Gasteiger partial charge on any atom is 0.412 e. The van der Waals surface area contributed by atoms with E-state index in [2.05, 4.69) is 5.32 Å². The number of carbonyl (C=O) groups excluding carboxylic acids is 2. The first-order valence-corrected chi connectivity index (χ1v) is 9.57. The van der Waals surface area contributed by atoms with Gasteiger partial charge in [0.2, 0.25) is 5.91 Å². The first kappa shape index (κ1) is 20.7. The standard InChI is InChI=1S/C22H26N2O5/c1-22(2,3)29-21(26)23-17-5-4-6-18(13-17)28-19-10-9-14-7-8-15(20(25)24-27)11-16(14)12-19/h4-6,9-10,12-13,15,27H,7-8,11H2,1-3H3,(H,23,26)(H,24,25). The van der Waals surface area contributed by atoms with Gasteiger partial charge in [0.05, 0.1) is 0 Å². The predicted octanol–water partition coefficient (Wildman–Crippen LogP) is 4.44. The fourth-order valence-corrected chi connectivity index (χ4v) is 3.31. The zero-order valence-electron chi connectivity index (χ0n) is 16.8. The predicted molar refractivity (Wildman–Crippen MR) is 108 cm³/mol. The van der Waals surface area contributed by atoms with Crippen LogP contribution in [0.15, 0.2) is 42.5 Å². The second-order valence-electron chi connectivity index (χ2n) is 8.10. The second kappa shape index (κ2) is 8.53. The van der Waals surface area contributed by atoms with Crippen molar-refractivity contribution in [1.82, 2.24) is 5.48 Å². The Kier molecular flexibility index (Phi) is 6.08. The molecule has 2 aromatic carbocycles. The van der Waals surface area contributed by atoms with Gasteiger partial charge in [-0.25, -0.2) is 10.3 Å². The highest BCUT2D eigenvalue weighted by atomic mass is 16.6. The molecule has 1 atom stereocenters. The van der Waals surface area contributed by atoms with Gasteiger partial charge in [0.15, 0.2) is 0 Å². The zero-order chi connectivity index (χ0) is 21.0. The van der Waals surface area contributed by atoms with Crippen LogP contribution in [0, 0.1) is 5.92 Å². The van der Waals surface area contributed by atoms with E-state index in [1.807, 2.05) is 18.2 Å². The number of aryl methyl sites for hydroxylation is 1. The molecule has 0 saturated heterocycles. The summed E-state index contributed by atoms with van der Waals surface area (Å²) in [5.74, 6) is 0.606. The summed E-state index contributed by atoms with van der Waals surface area (Å²) in [7, 11) is 0. The molecule has 0 radical (unpaired) electrons. The summed E-state index contributed by atoms with van der Waals surface area (Å²) in [6.07, 6.45) is 1.51. The topological polar surface area (TPSA) is 96.9 Å². The molecule has 0 heterocycles. The minimum Gasteiger partial charge on any atom is -0.457 e. The lowest BCUT2D eigenvalue weighted by molar-refractivity contribution is -0.133. The number of nitrogens with one attached hydrogen (secondary N) is 2. The van der Waals surface area contributed by atoms with Gasteiger partial charge < -0.3 is 9.47 Å². The van der Waals surface area contributed by atoms with Crippen LogP contribution in [0.3, 0.4) is 0 Å². The number of hydrogen-bond donors (Lipinski definition) is 3. The molecule has 7 heteroatoms. The minimum atomic E-state index is -0.577. The summed E-state index contributed by atoms with van der Waals surface area (Å²) < 4.78 is 11.2. The third-order valence-corrected chi connectivity index (χ3v) is 4.60. The van der Waals surface area contributed by atoms with E-state index in [0.717, 1.165) is 12.0 Å². The van der Waals surface area contributed by atoms with Crippen LogP contribution in [0.2, 0.25) is 0 Å². The smallest absolute Gasteiger partial charge is 0.412 e. The van der Waals surface area contributed by atoms with E-state index in [1.54, 1.807) is 50.5 Å². The first-order chi connectivity index (χ1) is 13.7. The number of rotatable bonds is 4. The third kappa shape index (κ3) is 5.71. The molecule has 0 saturated carbocycles. The van der Waals surface area contributed by atoms with Gasteiger partial charge in [-0.05, 0) is 75.4 Å². The molecule has 154 valence electrons. The molecular weight excluding hydrogens is 372 g/mol. The Morgan fingerprint density at radius 1 is 1.07 bits per heavy atom. The Morgan fingerprint density at radius 3 is 2.55 bits per heavy atom. The van der Waals surface area contributed by atoms with Crippen LogP contribution in [-0.2, 0) is 22.4 Å². The molecule has 29 heavy (non-hydrogen) atoms. The number of benzene rings is 2. The van der Waals surface area contributed by atoms with Crippen molar-refractivity contribution >= 4 is 17.7 Å². The monoisotopic (exact) mass is 398 g/mol. The van der Waals surface area contributed by atoms with Crippen LogP contribution >= 0.6 is 0 Å². The fourth-order valence-electron chi connectivity index (χ4n) is 3.31. The molecule has 1 aliphatic carbocycles. The Bertz CT molecular complexity index is 904. The van der Waals surface area contributed by atoms with Crippen molar-refractivity contribution in [2.75, 3.05) is 5.32 Å². The van der Waals surface area contributed by atoms with Crippen molar-refractivity contribution in [2.45, 2.75) is 45.6 Å². The van der Waals surface area contributed by atoms with Gasteiger partial charge in [-0.15, -0.1) is 0 Å². The van der Waals surface area contributed by atoms with Gasteiger partial charge in [-0.1, -0.05) is 12.1 Å². The Labute approximate surface area is 170 Å². The van der Waals surface area contributed by atoms with Gasteiger partial charge in [0.1, 0.15) is 17.1 Å². The van der Waals surface area contributed by atoms with Crippen molar-refractivity contribution in [3.8, 4) is 11.5 Å². The molecule has 0 fully saturated rings. The van der Waals surface area contributed by atoms with Crippen molar-refractivity contribution in [1.29, 1.82) is 0 Å². The van der Waals surface area contributed by atoms with E-state index in [9.17, 15) is 9.59 Å². The van der Waals surface area contributed by atoms with Crippen molar-refractivity contribution in [3.05, 3.63) is 53.6 Å². The first-order valence-electron chi connectivity index (χ1n) is 9.57. The Hall–Kier alpha value is -3.06. The van der Waals surface area contributed by atoms with E-state index in [4.69, 9.17) is 14.7 Å². The molecule has 0 spiro atoms. The molecule has 2 aromatic rings. The zero-order valence-corrected chi connectivity index (χ0v) is 16.8. The lowest BCUT2D eigenvalue weighted by atomic mass is 9.83. The minimum absolute atomic E-state index is 0.246. The molecule has 7 nitrogen and oxygen atoms in total. The molecular formula is C22H26N2O5. The van der Waals surface area contributed by atoms with E-state index in [1.165, 1.54) is 5.56 Å². The molecule has 0 aliphatic heterocycles. The highest BCUT2D eigenvalue weighted by molar-refractivity contribution is 5.85. The van der Waals surface area contributed by atoms with E-state index in [0.29, 0.717) is 30.0 Å². The van der Waals surface area contributed by atoms with Crippen LogP contribution in [0.25, 0.3) is 0 Å². The number of anilines is 1. The van der Waals surface area contributed by atoms with Gasteiger partial charge in [-0.3, -0.25) is 15.3 Å². The summed E-state index contributed by atoms with van der Waals surface area (Å²) in [5, 5.41) is 11.6. The molecule has 2 amide bonds. The fraction of sp³-hybridized carbons (Fsp3) is 0.364. The molecule has 1 aliphatic rings. The number of hydrogen-bond acceptors (Lipinski definition) is 5. The van der Waals surface area contributed by atoms with E-state index in [-0.39, 0.29) is 11.8 Å². The highest BCUT2D eigenvalue weighted by Gasteiger charge is 2.24. The molecule has 0 bridgehead atoms. The summed E-state index contributed by atoms with van der Waals surface area (Å²) >= 11 is 0. The summed E-state index contributed by atoms with van der Waals surface area (Å²) in [6, 6.07) is 12.8. The number of hydroxylamine groups is 1. The lowest BCUT2D eigenvalue weighted by Crippen LogP contribution is -2.31. The van der Waals surface area contributed by atoms with Gasteiger partial charge >= 0.3 is 6.09 Å². The van der Waals surface area contributed by atoms with E-state index >= 15 is 0 Å². The van der Waals surface area contributed by atoms with Crippen LogP contribution in [0.4, 0.5) is 10.5 Å². The Balaban J connectivity index is 1.69. The third-order valence-electron chi connectivity index (χ3n) is 4.60. The van der Waals surface area contributed by atoms with Gasteiger partial charge in [0.25, 0.3) is 0 Å². The summed E-state index contributed by atoms with van der Waals surface area (Å²) in [6.45, 7) is 5.41.